The van der Waals surface area contributed by atoms with Crippen LogP contribution in [-0.2, 0) is 0 Å². The molecule has 0 atom stereocenters. The monoisotopic (exact) mass is 304 g/mol. The maximum absolute atomic E-state index is 12.7. The molecule has 1 aliphatic heterocycles. The number of carbonyl (C=O) groups excluding carboxylic acids is 1. The van der Waals surface area contributed by atoms with Gasteiger partial charge in [0.05, 0.1) is 11.1 Å². The van der Waals surface area contributed by atoms with E-state index in [4.69, 9.17) is 11.6 Å². The minimum absolute atomic E-state index is 0.00751. The number of carbonyl (C=O) groups is 1. The lowest BCUT2D eigenvalue weighted by Crippen LogP contribution is -2.39. The number of nitrogens with zero attached hydrogens (tertiary/aromatic N) is 2. The van der Waals surface area contributed by atoms with Gasteiger partial charge in [0.2, 0.25) is 0 Å². The van der Waals surface area contributed by atoms with Crippen LogP contribution in [0.4, 0.5) is 0 Å². The number of benzene rings is 1. The van der Waals surface area contributed by atoms with E-state index in [1.807, 2.05) is 29.2 Å². The van der Waals surface area contributed by atoms with Crippen molar-refractivity contribution in [3.05, 3.63) is 41.0 Å². The number of amides is 1. The third-order valence-corrected chi connectivity index (χ3v) is 4.27. The van der Waals surface area contributed by atoms with E-state index in [-0.39, 0.29) is 12.5 Å². The highest BCUT2D eigenvalue weighted by Gasteiger charge is 2.24. The van der Waals surface area contributed by atoms with Gasteiger partial charge in [-0.05, 0) is 30.9 Å². The summed E-state index contributed by atoms with van der Waals surface area (Å²) in [4.78, 5) is 18.8. The highest BCUT2D eigenvalue weighted by Crippen LogP contribution is 2.24. The molecule has 110 valence electrons. The summed E-state index contributed by atoms with van der Waals surface area (Å²) in [5, 5.41) is 10.3. The molecule has 0 unspecified atom stereocenters. The number of likely N-dealkylation sites (tertiary alicyclic amines) is 1. The Morgan fingerprint density at radius 1 is 1.33 bits per heavy atom. The summed E-state index contributed by atoms with van der Waals surface area (Å²) >= 11 is 6.04. The highest BCUT2D eigenvalue weighted by atomic mass is 35.5. The van der Waals surface area contributed by atoms with Crippen molar-refractivity contribution in [2.45, 2.75) is 12.8 Å². The number of halogens is 1. The number of rotatable bonds is 2. The molecule has 1 aromatic carbocycles. The van der Waals surface area contributed by atoms with E-state index in [1.165, 1.54) is 0 Å². The van der Waals surface area contributed by atoms with Crippen LogP contribution in [0.3, 0.4) is 0 Å². The van der Waals surface area contributed by atoms with Crippen molar-refractivity contribution in [1.29, 1.82) is 0 Å². The molecular weight excluding hydrogens is 288 g/mol. The number of piperidine rings is 1. The van der Waals surface area contributed by atoms with E-state index < -0.39 is 0 Å². The highest BCUT2D eigenvalue weighted by molar-refractivity contribution is 6.30. The second-order valence-electron chi connectivity index (χ2n) is 5.43. The fourth-order valence-electron chi connectivity index (χ4n) is 2.81. The fraction of sp³-hybridized carbons (Fsp3) is 0.375. The second kappa shape index (κ2) is 6.00. The van der Waals surface area contributed by atoms with Crippen LogP contribution in [0.2, 0.25) is 5.15 Å². The van der Waals surface area contributed by atoms with E-state index in [0.717, 1.165) is 23.7 Å². The second-order valence-corrected chi connectivity index (χ2v) is 5.82. The summed E-state index contributed by atoms with van der Waals surface area (Å²) in [6.45, 7) is 1.56. The number of pyridine rings is 1. The lowest BCUT2D eigenvalue weighted by atomic mass is 9.97. The molecule has 0 radical (unpaired) electrons. The molecule has 1 amide bonds. The molecule has 2 heterocycles. The van der Waals surface area contributed by atoms with Crippen molar-refractivity contribution in [1.82, 2.24) is 9.88 Å². The Bertz CT molecular complexity index is 666. The van der Waals surface area contributed by atoms with Crippen molar-refractivity contribution >= 4 is 28.4 Å². The molecule has 0 saturated carbocycles. The van der Waals surface area contributed by atoms with Gasteiger partial charge >= 0.3 is 0 Å². The molecule has 4 nitrogen and oxygen atoms in total. The van der Waals surface area contributed by atoms with E-state index in [2.05, 4.69) is 4.98 Å². The lowest BCUT2D eigenvalue weighted by molar-refractivity contribution is 0.0652. The maximum Gasteiger partial charge on any atom is 0.254 e. The molecule has 0 aliphatic carbocycles. The van der Waals surface area contributed by atoms with Crippen LogP contribution in [0.25, 0.3) is 10.9 Å². The van der Waals surface area contributed by atoms with E-state index in [0.29, 0.717) is 29.7 Å². The number of aliphatic hydroxyl groups excluding tert-OH is 1. The summed E-state index contributed by atoms with van der Waals surface area (Å²) < 4.78 is 0. The van der Waals surface area contributed by atoms with Crippen molar-refractivity contribution in [2.24, 2.45) is 5.92 Å². The number of aromatic nitrogens is 1. The molecular formula is C16H17ClN2O2. The Morgan fingerprint density at radius 3 is 2.76 bits per heavy atom. The Morgan fingerprint density at radius 2 is 2.05 bits per heavy atom. The van der Waals surface area contributed by atoms with Gasteiger partial charge in [-0.2, -0.15) is 0 Å². The van der Waals surface area contributed by atoms with E-state index in [9.17, 15) is 9.90 Å². The molecule has 1 saturated heterocycles. The summed E-state index contributed by atoms with van der Waals surface area (Å²) in [6.07, 6.45) is 1.69. The Hall–Kier alpha value is -1.65. The van der Waals surface area contributed by atoms with Gasteiger partial charge in [-0.1, -0.05) is 29.8 Å². The zero-order valence-electron chi connectivity index (χ0n) is 11.6. The third-order valence-electron chi connectivity index (χ3n) is 4.08. The average molecular weight is 305 g/mol. The number of para-hydroxylation sites is 1. The summed E-state index contributed by atoms with van der Waals surface area (Å²) in [7, 11) is 0. The van der Waals surface area contributed by atoms with Crippen LogP contribution in [0.5, 0.6) is 0 Å². The number of fused-ring (bicyclic) bond motifs is 1. The van der Waals surface area contributed by atoms with Crippen molar-refractivity contribution in [3.63, 3.8) is 0 Å². The maximum atomic E-state index is 12.7. The quantitative estimate of drug-likeness (QED) is 0.868. The summed E-state index contributed by atoms with van der Waals surface area (Å²) in [6, 6.07) is 9.17. The SMILES string of the molecule is O=C(c1cc(Cl)nc2ccccc12)N1CCC(CO)CC1. The van der Waals surface area contributed by atoms with Crippen LogP contribution in [0, 0.1) is 5.92 Å². The Balaban J connectivity index is 1.91. The van der Waals surface area contributed by atoms with Crippen molar-refractivity contribution < 1.29 is 9.90 Å². The Kier molecular flexibility index (Phi) is 4.08. The third kappa shape index (κ3) is 2.87. The number of aliphatic hydroxyl groups is 1. The zero-order chi connectivity index (χ0) is 14.8. The normalized spacial score (nSPS) is 16.4. The molecule has 0 spiro atoms. The molecule has 3 rings (SSSR count). The first-order chi connectivity index (χ1) is 10.2. The molecule has 1 fully saturated rings. The van der Waals surface area contributed by atoms with Crippen molar-refractivity contribution in [3.8, 4) is 0 Å². The van der Waals surface area contributed by atoms with Gasteiger partial charge in [0.15, 0.2) is 0 Å². The molecule has 5 heteroatoms. The number of hydrogen-bond donors (Lipinski definition) is 1. The van der Waals surface area contributed by atoms with Crippen LogP contribution in [0.1, 0.15) is 23.2 Å². The van der Waals surface area contributed by atoms with Crippen LogP contribution in [-0.4, -0.2) is 40.6 Å². The summed E-state index contributed by atoms with van der Waals surface area (Å²) in [5.74, 6) is 0.304. The predicted octanol–water partition coefficient (Wildman–Crippen LogP) is 2.73. The molecule has 1 aromatic heterocycles. The first-order valence-corrected chi connectivity index (χ1v) is 7.52. The van der Waals surface area contributed by atoms with Crippen molar-refractivity contribution in [2.75, 3.05) is 19.7 Å². The fourth-order valence-corrected chi connectivity index (χ4v) is 3.01. The van der Waals surface area contributed by atoms with Crippen LogP contribution >= 0.6 is 11.6 Å². The standard InChI is InChI=1S/C16H17ClN2O2/c17-15-9-13(12-3-1-2-4-14(12)18-15)16(21)19-7-5-11(10-20)6-8-19/h1-4,9,11,20H,5-8,10H2. The largest absolute Gasteiger partial charge is 0.396 e. The lowest BCUT2D eigenvalue weighted by Gasteiger charge is -2.31. The molecule has 21 heavy (non-hydrogen) atoms. The first-order valence-electron chi connectivity index (χ1n) is 7.14. The van der Waals surface area contributed by atoms with Gasteiger partial charge < -0.3 is 10.0 Å². The van der Waals surface area contributed by atoms with Gasteiger partial charge in [0, 0.05) is 25.1 Å². The van der Waals surface area contributed by atoms with Crippen LogP contribution in [0.15, 0.2) is 30.3 Å². The van der Waals surface area contributed by atoms with Gasteiger partial charge in [-0.3, -0.25) is 4.79 Å². The zero-order valence-corrected chi connectivity index (χ0v) is 12.4. The molecule has 1 N–H and O–H groups in total. The summed E-state index contributed by atoms with van der Waals surface area (Å²) in [5.41, 5.74) is 1.34. The minimum Gasteiger partial charge on any atom is -0.396 e. The molecule has 1 aliphatic rings. The van der Waals surface area contributed by atoms with Gasteiger partial charge in [-0.15, -0.1) is 0 Å². The van der Waals surface area contributed by atoms with E-state index >= 15 is 0 Å². The van der Waals surface area contributed by atoms with Gasteiger partial charge in [0.1, 0.15) is 5.15 Å². The molecule has 2 aromatic rings. The topological polar surface area (TPSA) is 53.4 Å². The number of hydrogen-bond acceptors (Lipinski definition) is 3. The van der Waals surface area contributed by atoms with Gasteiger partial charge in [-0.25, -0.2) is 4.98 Å². The predicted molar refractivity (Wildman–Crippen MR) is 82.5 cm³/mol. The average Bonchev–Trinajstić information content (AvgIpc) is 2.53. The Labute approximate surface area is 128 Å². The van der Waals surface area contributed by atoms with Gasteiger partial charge in [0.25, 0.3) is 5.91 Å². The van der Waals surface area contributed by atoms with Crippen LogP contribution < -0.4 is 0 Å². The van der Waals surface area contributed by atoms with E-state index in [1.54, 1.807) is 6.07 Å². The minimum atomic E-state index is -0.00751. The molecule has 0 bridgehead atoms. The first kappa shape index (κ1) is 14.3. The smallest absolute Gasteiger partial charge is 0.254 e.